The molecule has 1 saturated heterocycles. The number of carbonyl (C=O) groups excluding carboxylic acids is 2. The van der Waals surface area contributed by atoms with Crippen molar-refractivity contribution in [3.05, 3.63) is 78.1 Å². The number of ether oxygens (including phenoxy) is 1. The zero-order valence-electron chi connectivity index (χ0n) is 17.8. The van der Waals surface area contributed by atoms with Crippen molar-refractivity contribution < 1.29 is 27.5 Å². The number of fused-ring (bicyclic) bond motifs is 1. The van der Waals surface area contributed by atoms with Gasteiger partial charge in [0.2, 0.25) is 0 Å². The molecule has 1 fully saturated rings. The Kier molecular flexibility index (Phi) is 5.00. The van der Waals surface area contributed by atoms with Crippen LogP contribution in [0.2, 0.25) is 0 Å². The Hall–Kier alpha value is -4.34. The predicted molar refractivity (Wildman–Crippen MR) is 119 cm³/mol. The highest BCUT2D eigenvalue weighted by molar-refractivity contribution is 6.27. The summed E-state index contributed by atoms with van der Waals surface area (Å²) in [6, 6.07) is 12.0. The summed E-state index contributed by atoms with van der Waals surface area (Å²) in [4.78, 5) is 34.8. The van der Waals surface area contributed by atoms with Gasteiger partial charge in [-0.05, 0) is 61.0 Å². The molecule has 7 nitrogen and oxygen atoms in total. The van der Waals surface area contributed by atoms with Crippen LogP contribution in [0.3, 0.4) is 0 Å². The summed E-state index contributed by atoms with van der Waals surface area (Å²) in [5, 5.41) is 0.799. The first-order valence-electron chi connectivity index (χ1n) is 10.2. The molecule has 1 N–H and O–H groups in total. The lowest BCUT2D eigenvalue weighted by Crippen LogP contribution is -2.33. The van der Waals surface area contributed by atoms with Gasteiger partial charge in [0.1, 0.15) is 23.7 Å². The molecule has 0 saturated carbocycles. The fourth-order valence-corrected chi connectivity index (χ4v) is 3.84. The van der Waals surface area contributed by atoms with Gasteiger partial charge in [-0.15, -0.1) is 0 Å². The maximum atomic E-state index is 13.1. The number of alkyl halides is 3. The van der Waals surface area contributed by atoms with Crippen LogP contribution in [0.15, 0.2) is 67.0 Å². The number of rotatable bonds is 4. The van der Waals surface area contributed by atoms with E-state index >= 15 is 0 Å². The quantitative estimate of drug-likeness (QED) is 0.394. The van der Waals surface area contributed by atoms with Gasteiger partial charge in [0.15, 0.2) is 0 Å². The average molecular weight is 466 g/mol. The second kappa shape index (κ2) is 7.91. The van der Waals surface area contributed by atoms with E-state index in [-0.39, 0.29) is 12.2 Å². The number of H-pyrrole nitrogens is 1. The van der Waals surface area contributed by atoms with Crippen molar-refractivity contribution in [1.29, 1.82) is 0 Å². The number of anilines is 2. The smallest absolute Gasteiger partial charge is 0.416 e. The number of imide groups is 1. The van der Waals surface area contributed by atoms with Gasteiger partial charge < -0.3 is 9.72 Å². The fraction of sp³-hybridized carbons (Fsp3) is 0.125. The number of hydrogen-bond acceptors (Lipinski definition) is 4. The van der Waals surface area contributed by atoms with Gasteiger partial charge >= 0.3 is 12.2 Å². The lowest BCUT2D eigenvalue weighted by atomic mass is 10.2. The Morgan fingerprint density at radius 3 is 2.59 bits per heavy atom. The topological polar surface area (TPSA) is 78.5 Å². The number of halogens is 3. The first-order valence-corrected chi connectivity index (χ1v) is 10.2. The van der Waals surface area contributed by atoms with Gasteiger partial charge in [0.25, 0.3) is 5.91 Å². The lowest BCUT2D eigenvalue weighted by molar-refractivity contribution is -0.137. The highest BCUT2D eigenvalue weighted by atomic mass is 19.4. The van der Waals surface area contributed by atoms with Gasteiger partial charge in [-0.3, -0.25) is 9.69 Å². The Labute approximate surface area is 191 Å². The lowest BCUT2D eigenvalue weighted by Gasteiger charge is -2.19. The molecule has 1 aliphatic rings. The average Bonchev–Trinajstić information content (AvgIpc) is 3.39. The molecule has 10 heteroatoms. The number of benzene rings is 2. The summed E-state index contributed by atoms with van der Waals surface area (Å²) < 4.78 is 45.3. The highest BCUT2D eigenvalue weighted by Gasteiger charge is 2.39. The van der Waals surface area contributed by atoms with Crippen molar-refractivity contribution in [3.8, 4) is 11.5 Å². The Morgan fingerprint density at radius 1 is 1.00 bits per heavy atom. The van der Waals surface area contributed by atoms with Gasteiger partial charge in [0, 0.05) is 18.1 Å². The van der Waals surface area contributed by atoms with Crippen LogP contribution in [0.4, 0.5) is 29.3 Å². The number of nitrogens with zero attached hydrogens (tertiary/aromatic N) is 3. The van der Waals surface area contributed by atoms with Crippen molar-refractivity contribution in [1.82, 2.24) is 9.97 Å². The molecule has 2 aromatic heterocycles. The van der Waals surface area contributed by atoms with Crippen molar-refractivity contribution >= 4 is 34.3 Å². The molecule has 3 amide bonds. The first kappa shape index (κ1) is 21.5. The molecule has 0 spiro atoms. The molecule has 0 atom stereocenters. The number of aromatic nitrogens is 2. The minimum Gasteiger partial charge on any atom is -0.456 e. The number of aryl methyl sites for hydroxylation is 1. The Balaban J connectivity index is 1.41. The number of carbonyl (C=O) groups is 2. The summed E-state index contributed by atoms with van der Waals surface area (Å²) in [7, 11) is 0. The van der Waals surface area contributed by atoms with Crippen LogP contribution in [-0.2, 0) is 11.0 Å². The Bertz CT molecular complexity index is 1430. The summed E-state index contributed by atoms with van der Waals surface area (Å²) in [5.41, 5.74) is 0.746. The van der Waals surface area contributed by atoms with Crippen molar-refractivity contribution in [2.75, 3.05) is 16.3 Å². The van der Waals surface area contributed by atoms with E-state index in [2.05, 4.69) is 9.97 Å². The highest BCUT2D eigenvalue weighted by Crippen LogP contribution is 2.35. The Morgan fingerprint density at radius 2 is 1.82 bits per heavy atom. The van der Waals surface area contributed by atoms with Gasteiger partial charge in [-0.25, -0.2) is 14.7 Å². The predicted octanol–water partition coefficient (Wildman–Crippen LogP) is 5.66. The zero-order valence-corrected chi connectivity index (χ0v) is 17.8. The number of nitrogens with one attached hydrogen (secondary N) is 1. The van der Waals surface area contributed by atoms with E-state index in [1.54, 1.807) is 43.6 Å². The molecule has 0 bridgehead atoms. The maximum Gasteiger partial charge on any atom is 0.416 e. The van der Waals surface area contributed by atoms with Crippen molar-refractivity contribution in [2.24, 2.45) is 0 Å². The molecule has 0 aliphatic carbocycles. The number of urea groups is 1. The second-order valence-electron chi connectivity index (χ2n) is 7.75. The van der Waals surface area contributed by atoms with E-state index in [1.165, 1.54) is 12.1 Å². The normalized spacial score (nSPS) is 14.4. The summed E-state index contributed by atoms with van der Waals surface area (Å²) >= 11 is 0. The minimum absolute atomic E-state index is 0.000516. The molecule has 5 rings (SSSR count). The number of aromatic amines is 1. The molecule has 0 radical (unpaired) electrons. The van der Waals surface area contributed by atoms with E-state index in [1.807, 2.05) is 6.07 Å². The number of hydrogen-bond donors (Lipinski definition) is 1. The molecular weight excluding hydrogens is 449 g/mol. The summed E-state index contributed by atoms with van der Waals surface area (Å²) in [6.45, 7) is 1.41. The standard InChI is InChI=1S/C24H17F3N4O3/c1-14-11-17(5-6-19(14)34-20-8-10-29-22-18(20)7-9-28-22)31-21(32)13-30(23(31)33)16-4-2-3-15(12-16)24(25,26)27/h2-12H,13H2,1H3,(H,28,29). The van der Waals surface area contributed by atoms with Crippen LogP contribution in [0.5, 0.6) is 11.5 Å². The third-order valence-corrected chi connectivity index (χ3v) is 5.51. The van der Waals surface area contributed by atoms with E-state index in [4.69, 9.17) is 4.74 Å². The first-order chi connectivity index (χ1) is 16.2. The second-order valence-corrected chi connectivity index (χ2v) is 7.75. The van der Waals surface area contributed by atoms with E-state index < -0.39 is 23.7 Å². The molecular formula is C24H17F3N4O3. The van der Waals surface area contributed by atoms with Crippen LogP contribution in [0.25, 0.3) is 11.0 Å². The molecule has 1 aliphatic heterocycles. The van der Waals surface area contributed by atoms with Gasteiger partial charge in [-0.1, -0.05) is 6.07 Å². The van der Waals surface area contributed by atoms with Crippen LogP contribution in [0, 0.1) is 6.92 Å². The molecule has 34 heavy (non-hydrogen) atoms. The third-order valence-electron chi connectivity index (χ3n) is 5.51. The van der Waals surface area contributed by atoms with Crippen LogP contribution in [0.1, 0.15) is 11.1 Å². The number of pyridine rings is 1. The van der Waals surface area contributed by atoms with Crippen LogP contribution >= 0.6 is 0 Å². The molecule has 2 aromatic carbocycles. The molecule has 4 aromatic rings. The van der Waals surface area contributed by atoms with Gasteiger partial charge in [-0.2, -0.15) is 13.2 Å². The maximum absolute atomic E-state index is 13.1. The third kappa shape index (κ3) is 3.72. The van der Waals surface area contributed by atoms with E-state index in [9.17, 15) is 22.8 Å². The van der Waals surface area contributed by atoms with E-state index in [0.717, 1.165) is 27.3 Å². The summed E-state index contributed by atoms with van der Waals surface area (Å²) in [6.07, 6.45) is -1.20. The molecule has 172 valence electrons. The number of amides is 3. The minimum atomic E-state index is -4.56. The molecule has 3 heterocycles. The fourth-order valence-electron chi connectivity index (χ4n) is 3.84. The van der Waals surface area contributed by atoms with Crippen LogP contribution < -0.4 is 14.5 Å². The zero-order chi connectivity index (χ0) is 24.0. The monoisotopic (exact) mass is 466 g/mol. The largest absolute Gasteiger partial charge is 0.456 e. The SMILES string of the molecule is Cc1cc(N2C(=O)CN(c3cccc(C(F)(F)F)c3)C2=O)ccc1Oc1ccnc2[nH]ccc12. The summed E-state index contributed by atoms with van der Waals surface area (Å²) in [5.74, 6) is 0.566. The van der Waals surface area contributed by atoms with Gasteiger partial charge in [0.05, 0.1) is 16.6 Å². The molecule has 0 unspecified atom stereocenters. The van der Waals surface area contributed by atoms with Crippen molar-refractivity contribution in [2.45, 2.75) is 13.1 Å². The van der Waals surface area contributed by atoms with Crippen LogP contribution in [-0.4, -0.2) is 28.5 Å². The van der Waals surface area contributed by atoms with Crippen molar-refractivity contribution in [3.63, 3.8) is 0 Å². The van der Waals surface area contributed by atoms with E-state index in [0.29, 0.717) is 28.4 Å².